The molecule has 0 heterocycles. The van der Waals surface area contributed by atoms with Gasteiger partial charge in [-0.2, -0.15) is 0 Å². The molecular formula is C48H47N. The van der Waals surface area contributed by atoms with Gasteiger partial charge in [0.15, 0.2) is 0 Å². The molecule has 0 amide bonds. The minimum absolute atomic E-state index is 0.447. The fourth-order valence-corrected chi connectivity index (χ4v) is 9.69. The first-order valence-electron chi connectivity index (χ1n) is 18.9. The third kappa shape index (κ3) is 5.99. The molecule has 6 atom stereocenters. The maximum Gasteiger partial charge on any atom is 0.0394 e. The Morgan fingerprint density at radius 1 is 0.531 bits per heavy atom. The fourth-order valence-electron chi connectivity index (χ4n) is 9.69. The van der Waals surface area contributed by atoms with Gasteiger partial charge in [-0.25, -0.2) is 0 Å². The quantitative estimate of drug-likeness (QED) is 0.265. The SMILES string of the molecule is C1=CC(C2C=CC(C3=CC4C5=C(C=CCC5)C5CCC=CC5C4C=C3)CC2)=C(Nc2cc(-c3ccccc3)cc(-c3ccccc3)c2)CC1. The molecule has 1 nitrogen and oxygen atoms in total. The van der Waals surface area contributed by atoms with Gasteiger partial charge in [0, 0.05) is 29.1 Å². The smallest absolute Gasteiger partial charge is 0.0394 e. The lowest BCUT2D eigenvalue weighted by molar-refractivity contribution is 0.263. The number of allylic oxidation sites excluding steroid dienone is 16. The Balaban J connectivity index is 0.985. The fraction of sp³-hybridized carbons (Fsp3) is 0.292. The van der Waals surface area contributed by atoms with E-state index in [1.807, 2.05) is 0 Å². The van der Waals surface area contributed by atoms with E-state index < -0.39 is 0 Å². The maximum absolute atomic E-state index is 3.96. The van der Waals surface area contributed by atoms with Gasteiger partial charge in [-0.1, -0.05) is 133 Å². The molecule has 0 saturated heterocycles. The van der Waals surface area contributed by atoms with Crippen molar-refractivity contribution < 1.29 is 0 Å². The molecule has 0 aromatic heterocycles. The zero-order valence-corrected chi connectivity index (χ0v) is 28.5. The molecule has 1 heteroatoms. The van der Waals surface area contributed by atoms with Crippen molar-refractivity contribution >= 4 is 5.69 Å². The highest BCUT2D eigenvalue weighted by molar-refractivity contribution is 5.78. The van der Waals surface area contributed by atoms with Crippen molar-refractivity contribution in [1.29, 1.82) is 0 Å². The molecular weight excluding hydrogens is 591 g/mol. The second-order valence-corrected chi connectivity index (χ2v) is 14.9. The topological polar surface area (TPSA) is 12.0 Å². The van der Waals surface area contributed by atoms with Crippen LogP contribution in [0.3, 0.4) is 0 Å². The third-order valence-electron chi connectivity index (χ3n) is 12.1. The van der Waals surface area contributed by atoms with E-state index in [0.717, 1.165) is 18.8 Å². The highest BCUT2D eigenvalue weighted by Crippen LogP contribution is 2.53. The van der Waals surface area contributed by atoms with E-state index in [-0.39, 0.29) is 0 Å². The summed E-state index contributed by atoms with van der Waals surface area (Å²) < 4.78 is 0. The summed E-state index contributed by atoms with van der Waals surface area (Å²) in [5.74, 6) is 3.54. The van der Waals surface area contributed by atoms with Gasteiger partial charge in [-0.05, 0) is 126 Å². The first kappa shape index (κ1) is 30.4. The third-order valence-corrected chi connectivity index (χ3v) is 12.1. The average Bonchev–Trinajstić information content (AvgIpc) is 3.19. The zero-order valence-electron chi connectivity index (χ0n) is 28.5. The Kier molecular flexibility index (Phi) is 8.30. The van der Waals surface area contributed by atoms with Gasteiger partial charge in [0.2, 0.25) is 0 Å². The predicted molar refractivity (Wildman–Crippen MR) is 207 cm³/mol. The number of anilines is 1. The summed E-state index contributed by atoms with van der Waals surface area (Å²) in [4.78, 5) is 0. The molecule has 0 aliphatic heterocycles. The van der Waals surface area contributed by atoms with Crippen molar-refractivity contribution in [1.82, 2.24) is 0 Å². The molecule has 0 bridgehead atoms. The van der Waals surface area contributed by atoms with Crippen LogP contribution in [-0.2, 0) is 0 Å². The molecule has 3 aromatic carbocycles. The Hall–Kier alpha value is -4.62. The summed E-state index contributed by atoms with van der Waals surface area (Å²) in [7, 11) is 0. The molecule has 6 aliphatic carbocycles. The van der Waals surface area contributed by atoms with Crippen molar-refractivity contribution in [2.45, 2.75) is 51.4 Å². The lowest BCUT2D eigenvalue weighted by Gasteiger charge is -2.46. The van der Waals surface area contributed by atoms with Crippen molar-refractivity contribution in [3.63, 3.8) is 0 Å². The monoisotopic (exact) mass is 637 g/mol. The largest absolute Gasteiger partial charge is 0.359 e. The molecule has 6 unspecified atom stereocenters. The number of fused-ring (bicyclic) bond motifs is 5. The van der Waals surface area contributed by atoms with Gasteiger partial charge in [0.1, 0.15) is 0 Å². The van der Waals surface area contributed by atoms with Crippen LogP contribution in [0.1, 0.15) is 51.4 Å². The molecule has 3 aromatic rings. The molecule has 0 spiro atoms. The highest BCUT2D eigenvalue weighted by Gasteiger charge is 2.42. The van der Waals surface area contributed by atoms with E-state index >= 15 is 0 Å². The lowest BCUT2D eigenvalue weighted by atomic mass is 9.58. The van der Waals surface area contributed by atoms with E-state index in [1.165, 1.54) is 77.7 Å². The number of benzene rings is 3. The van der Waals surface area contributed by atoms with Crippen molar-refractivity contribution in [3.8, 4) is 22.3 Å². The van der Waals surface area contributed by atoms with Gasteiger partial charge in [0.05, 0.1) is 0 Å². The summed E-state index contributed by atoms with van der Waals surface area (Å²) >= 11 is 0. The maximum atomic E-state index is 3.96. The Morgan fingerprint density at radius 3 is 1.96 bits per heavy atom. The average molecular weight is 638 g/mol. The molecule has 6 aliphatic rings. The second kappa shape index (κ2) is 13.4. The van der Waals surface area contributed by atoms with Crippen LogP contribution >= 0.6 is 0 Å². The van der Waals surface area contributed by atoms with Crippen LogP contribution < -0.4 is 5.32 Å². The van der Waals surface area contributed by atoms with Crippen LogP contribution in [0.4, 0.5) is 5.69 Å². The van der Waals surface area contributed by atoms with Crippen molar-refractivity contribution in [2.75, 3.05) is 5.32 Å². The standard InChI is InChI=1S/C48H47N/c1-3-13-33(14-4-1)38-29-39(34-15-5-2-6-16-34)31-40(30-38)49-48-22-12-11-17-41(48)36-25-23-35(24-26-36)37-27-28-46-44-20-8-7-18-42(44)43-19-9-10-21-45(43)47(46)32-37/h1-6,8-9,11,13-17,19-20,23,25,27-32,35-36,42,44,46-47,49H,7,10,12,18,21-22,24,26H2. The molecule has 9 rings (SSSR count). The van der Waals surface area contributed by atoms with Gasteiger partial charge in [-0.3, -0.25) is 0 Å². The number of hydrogen-bond donors (Lipinski definition) is 1. The first-order chi connectivity index (χ1) is 24.3. The number of nitrogens with one attached hydrogen (secondary N) is 1. The minimum Gasteiger partial charge on any atom is -0.359 e. The number of hydrogen-bond acceptors (Lipinski definition) is 1. The molecule has 0 radical (unpaired) electrons. The van der Waals surface area contributed by atoms with E-state index in [9.17, 15) is 0 Å². The summed E-state index contributed by atoms with van der Waals surface area (Å²) in [6.45, 7) is 0. The van der Waals surface area contributed by atoms with Gasteiger partial charge < -0.3 is 5.32 Å². The van der Waals surface area contributed by atoms with E-state index in [2.05, 4.69) is 151 Å². The lowest BCUT2D eigenvalue weighted by Crippen LogP contribution is -2.37. The normalized spacial score (nSPS) is 28.5. The van der Waals surface area contributed by atoms with Crippen LogP contribution in [0.15, 0.2) is 174 Å². The Morgan fingerprint density at radius 2 is 1.22 bits per heavy atom. The summed E-state index contributed by atoms with van der Waals surface area (Å²) in [5, 5.41) is 3.96. The summed E-state index contributed by atoms with van der Waals surface area (Å²) in [5.41, 5.74) is 14.0. The molecule has 0 saturated carbocycles. The van der Waals surface area contributed by atoms with Gasteiger partial charge in [0.25, 0.3) is 0 Å². The highest BCUT2D eigenvalue weighted by atomic mass is 14.9. The minimum atomic E-state index is 0.447. The predicted octanol–water partition coefficient (Wildman–Crippen LogP) is 12.6. The second-order valence-electron chi connectivity index (χ2n) is 14.9. The summed E-state index contributed by atoms with van der Waals surface area (Å²) in [6.07, 6.45) is 37.2. The van der Waals surface area contributed by atoms with Crippen LogP contribution in [0.25, 0.3) is 22.3 Å². The molecule has 0 fully saturated rings. The van der Waals surface area contributed by atoms with Crippen LogP contribution in [0.5, 0.6) is 0 Å². The van der Waals surface area contributed by atoms with Crippen LogP contribution in [-0.4, -0.2) is 0 Å². The van der Waals surface area contributed by atoms with Crippen molar-refractivity contribution in [2.24, 2.45) is 35.5 Å². The number of rotatable bonds is 6. The van der Waals surface area contributed by atoms with Gasteiger partial charge in [-0.15, -0.1) is 0 Å². The van der Waals surface area contributed by atoms with Crippen molar-refractivity contribution in [3.05, 3.63) is 174 Å². The molecule has 49 heavy (non-hydrogen) atoms. The molecule has 244 valence electrons. The summed E-state index contributed by atoms with van der Waals surface area (Å²) in [6, 6.07) is 28.5. The van der Waals surface area contributed by atoms with E-state index in [0.29, 0.717) is 29.6 Å². The van der Waals surface area contributed by atoms with E-state index in [1.54, 1.807) is 16.7 Å². The zero-order chi connectivity index (χ0) is 32.6. The van der Waals surface area contributed by atoms with Gasteiger partial charge >= 0.3 is 0 Å². The Bertz CT molecular complexity index is 1900. The van der Waals surface area contributed by atoms with Crippen LogP contribution in [0.2, 0.25) is 0 Å². The molecule has 1 N–H and O–H groups in total. The van der Waals surface area contributed by atoms with E-state index in [4.69, 9.17) is 0 Å². The Labute approximate surface area is 292 Å². The first-order valence-corrected chi connectivity index (χ1v) is 18.9. The van der Waals surface area contributed by atoms with Crippen LogP contribution in [0, 0.1) is 35.5 Å².